The van der Waals surface area contributed by atoms with Crippen LogP contribution in [-0.2, 0) is 12.6 Å². The van der Waals surface area contributed by atoms with Crippen molar-refractivity contribution in [1.82, 2.24) is 10.6 Å². The van der Waals surface area contributed by atoms with Crippen molar-refractivity contribution in [2.24, 2.45) is 0 Å². The third-order valence-electron chi connectivity index (χ3n) is 4.27. The van der Waals surface area contributed by atoms with E-state index in [9.17, 15) is 22.4 Å². The Bertz CT molecular complexity index is 895. The van der Waals surface area contributed by atoms with E-state index >= 15 is 0 Å². The van der Waals surface area contributed by atoms with Crippen LogP contribution in [0.2, 0.25) is 0 Å². The molecule has 0 radical (unpaired) electrons. The van der Waals surface area contributed by atoms with Gasteiger partial charge in [-0.1, -0.05) is 17.9 Å². The number of alkyl halides is 3. The van der Waals surface area contributed by atoms with Gasteiger partial charge in [-0.25, -0.2) is 9.18 Å². The summed E-state index contributed by atoms with van der Waals surface area (Å²) in [6.45, 7) is 0.0373. The highest BCUT2D eigenvalue weighted by Crippen LogP contribution is 2.31. The van der Waals surface area contributed by atoms with Gasteiger partial charge in [0.15, 0.2) is 0 Å². The quantitative estimate of drug-likeness (QED) is 0.599. The summed E-state index contributed by atoms with van der Waals surface area (Å²) in [6, 6.07) is 8.34. The first-order valence-corrected chi connectivity index (χ1v) is 8.32. The molecule has 1 atom stereocenters. The molecule has 0 fully saturated rings. The largest absolute Gasteiger partial charge is 0.416 e. The second-order valence-electron chi connectivity index (χ2n) is 6.14. The molecule has 2 N–H and O–H groups in total. The third-order valence-corrected chi connectivity index (χ3v) is 4.27. The van der Waals surface area contributed by atoms with Crippen LogP contribution in [0.5, 0.6) is 0 Å². The maximum Gasteiger partial charge on any atom is 0.416 e. The van der Waals surface area contributed by atoms with E-state index in [-0.39, 0.29) is 18.4 Å². The number of aryl methyl sites for hydroxylation is 1. The number of rotatable bonds is 2. The van der Waals surface area contributed by atoms with Gasteiger partial charge in [0, 0.05) is 5.56 Å². The molecule has 1 unspecified atom stereocenters. The molecule has 0 aromatic heterocycles. The van der Waals surface area contributed by atoms with Crippen LogP contribution in [0.3, 0.4) is 0 Å². The van der Waals surface area contributed by atoms with Crippen LogP contribution >= 0.6 is 0 Å². The third kappa shape index (κ3) is 4.79. The molecular weight excluding hydrogens is 360 g/mol. The van der Waals surface area contributed by atoms with Crippen LogP contribution in [0.15, 0.2) is 42.5 Å². The molecule has 27 heavy (non-hydrogen) atoms. The standard InChI is InChI=1S/C20H16F4N2O/c21-16-9-5-14-6-10-18(17(14)12-16)26-19(27)25-11-1-2-13-3-7-15(8-4-13)20(22,23)24/h3-5,7-9,12,18H,6,10-11H2,(H2,25,26,27). The normalized spacial score (nSPS) is 15.5. The van der Waals surface area contributed by atoms with Crippen LogP contribution in [0.25, 0.3) is 0 Å². The number of halogens is 4. The number of hydrogen-bond donors (Lipinski definition) is 2. The zero-order chi connectivity index (χ0) is 19.4. The Labute approximate surface area is 153 Å². The Hall–Kier alpha value is -3.01. The maximum atomic E-state index is 13.4. The van der Waals surface area contributed by atoms with Gasteiger partial charge in [0.25, 0.3) is 0 Å². The molecule has 0 saturated carbocycles. The van der Waals surface area contributed by atoms with Crippen molar-refractivity contribution in [3.63, 3.8) is 0 Å². The molecule has 0 aliphatic heterocycles. The van der Waals surface area contributed by atoms with Gasteiger partial charge >= 0.3 is 12.2 Å². The van der Waals surface area contributed by atoms with Gasteiger partial charge in [-0.2, -0.15) is 13.2 Å². The smallest absolute Gasteiger partial charge is 0.331 e. The minimum Gasteiger partial charge on any atom is -0.331 e. The van der Waals surface area contributed by atoms with Crippen molar-refractivity contribution >= 4 is 6.03 Å². The highest BCUT2D eigenvalue weighted by molar-refractivity contribution is 5.75. The van der Waals surface area contributed by atoms with Crippen molar-refractivity contribution in [3.8, 4) is 11.8 Å². The summed E-state index contributed by atoms with van der Waals surface area (Å²) in [7, 11) is 0. The lowest BCUT2D eigenvalue weighted by Gasteiger charge is -2.14. The first-order chi connectivity index (χ1) is 12.8. The van der Waals surface area contributed by atoms with E-state index in [0.29, 0.717) is 12.0 Å². The Balaban J connectivity index is 1.50. The summed E-state index contributed by atoms with van der Waals surface area (Å²) in [6.07, 6.45) is -2.91. The molecule has 2 aromatic carbocycles. The van der Waals surface area contributed by atoms with Gasteiger partial charge in [0.2, 0.25) is 0 Å². The second-order valence-corrected chi connectivity index (χ2v) is 6.14. The van der Waals surface area contributed by atoms with Gasteiger partial charge in [-0.05, 0) is 60.4 Å². The molecule has 0 spiro atoms. The molecule has 140 valence electrons. The fraction of sp³-hybridized carbons (Fsp3) is 0.250. The number of amides is 2. The molecule has 2 aromatic rings. The Morgan fingerprint density at radius 2 is 1.89 bits per heavy atom. The molecular formula is C20H16F4N2O. The van der Waals surface area contributed by atoms with Crippen molar-refractivity contribution < 1.29 is 22.4 Å². The summed E-state index contributed by atoms with van der Waals surface area (Å²) in [5, 5.41) is 5.34. The second kappa shape index (κ2) is 7.70. The minimum atomic E-state index is -4.38. The molecule has 0 bridgehead atoms. The van der Waals surface area contributed by atoms with Crippen molar-refractivity contribution in [2.75, 3.05) is 6.54 Å². The Kier molecular flexibility index (Phi) is 5.36. The van der Waals surface area contributed by atoms with Crippen LogP contribution in [-0.4, -0.2) is 12.6 Å². The SMILES string of the molecule is O=C(NCC#Cc1ccc(C(F)(F)F)cc1)NC1CCc2ccc(F)cc21. The number of carbonyl (C=O) groups excluding carboxylic acids is 1. The van der Waals surface area contributed by atoms with E-state index in [1.807, 2.05) is 0 Å². The van der Waals surface area contributed by atoms with Gasteiger partial charge in [-0.15, -0.1) is 0 Å². The van der Waals surface area contributed by atoms with Crippen LogP contribution < -0.4 is 10.6 Å². The molecule has 2 amide bonds. The first kappa shape index (κ1) is 18.8. The molecule has 3 rings (SSSR count). The van der Waals surface area contributed by atoms with Gasteiger partial charge in [0.1, 0.15) is 5.82 Å². The minimum absolute atomic E-state index is 0.0373. The summed E-state index contributed by atoms with van der Waals surface area (Å²) in [4.78, 5) is 12.0. The van der Waals surface area contributed by atoms with E-state index in [0.717, 1.165) is 29.7 Å². The van der Waals surface area contributed by atoms with Crippen molar-refractivity contribution in [2.45, 2.75) is 25.1 Å². The number of urea groups is 1. The summed E-state index contributed by atoms with van der Waals surface area (Å²) < 4.78 is 50.8. The molecule has 1 aliphatic rings. The number of carbonyl (C=O) groups is 1. The van der Waals surface area contributed by atoms with Gasteiger partial charge < -0.3 is 10.6 Å². The summed E-state index contributed by atoms with van der Waals surface area (Å²) >= 11 is 0. The molecule has 0 saturated heterocycles. The lowest BCUT2D eigenvalue weighted by atomic mass is 10.1. The van der Waals surface area contributed by atoms with Gasteiger partial charge in [-0.3, -0.25) is 0 Å². The lowest BCUT2D eigenvalue weighted by molar-refractivity contribution is -0.137. The molecule has 7 heteroatoms. The number of hydrogen-bond acceptors (Lipinski definition) is 1. The van der Waals surface area contributed by atoms with E-state index < -0.39 is 17.8 Å². The summed E-state index contributed by atoms with van der Waals surface area (Å²) in [5.74, 6) is 5.02. The van der Waals surface area contributed by atoms with Crippen LogP contribution in [0.4, 0.5) is 22.4 Å². The van der Waals surface area contributed by atoms with E-state index in [4.69, 9.17) is 0 Å². The molecule has 1 aliphatic carbocycles. The Morgan fingerprint density at radius 3 is 2.59 bits per heavy atom. The molecule has 0 heterocycles. The number of fused-ring (bicyclic) bond motifs is 1. The predicted octanol–water partition coefficient (Wildman–Crippen LogP) is 4.18. The number of benzene rings is 2. The zero-order valence-corrected chi connectivity index (χ0v) is 14.2. The number of nitrogens with one attached hydrogen (secondary N) is 2. The van der Waals surface area contributed by atoms with Crippen molar-refractivity contribution in [3.05, 3.63) is 70.5 Å². The van der Waals surface area contributed by atoms with Crippen molar-refractivity contribution in [1.29, 1.82) is 0 Å². The predicted molar refractivity (Wildman–Crippen MR) is 92.3 cm³/mol. The Morgan fingerprint density at radius 1 is 1.15 bits per heavy atom. The van der Waals surface area contributed by atoms with E-state index in [2.05, 4.69) is 22.5 Å². The average molecular weight is 376 g/mol. The zero-order valence-electron chi connectivity index (χ0n) is 14.2. The van der Waals surface area contributed by atoms with Crippen LogP contribution in [0, 0.1) is 17.7 Å². The van der Waals surface area contributed by atoms with E-state index in [1.54, 1.807) is 6.07 Å². The first-order valence-electron chi connectivity index (χ1n) is 8.32. The maximum absolute atomic E-state index is 13.4. The lowest BCUT2D eigenvalue weighted by Crippen LogP contribution is -2.37. The molecule has 3 nitrogen and oxygen atoms in total. The van der Waals surface area contributed by atoms with E-state index in [1.165, 1.54) is 24.3 Å². The highest BCUT2D eigenvalue weighted by Gasteiger charge is 2.29. The highest BCUT2D eigenvalue weighted by atomic mass is 19.4. The van der Waals surface area contributed by atoms with Gasteiger partial charge in [0.05, 0.1) is 18.2 Å². The topological polar surface area (TPSA) is 41.1 Å². The fourth-order valence-electron chi connectivity index (χ4n) is 2.95. The van der Waals surface area contributed by atoms with Crippen LogP contribution in [0.1, 0.15) is 34.7 Å². The summed E-state index contributed by atoms with van der Waals surface area (Å²) in [5.41, 5.74) is 1.48. The monoisotopic (exact) mass is 376 g/mol. The fourth-order valence-corrected chi connectivity index (χ4v) is 2.95. The average Bonchev–Trinajstić information content (AvgIpc) is 3.00.